The molecule has 1 saturated carbocycles. The van der Waals surface area contributed by atoms with Gasteiger partial charge in [0.05, 0.1) is 11.7 Å². The van der Waals surface area contributed by atoms with Crippen LogP contribution in [0.5, 0.6) is 11.5 Å². The van der Waals surface area contributed by atoms with Crippen LogP contribution in [0.25, 0.3) is 11.3 Å². The zero-order valence-electron chi connectivity index (χ0n) is 15.3. The van der Waals surface area contributed by atoms with Crippen LogP contribution in [0.2, 0.25) is 0 Å². The van der Waals surface area contributed by atoms with Gasteiger partial charge in [0.1, 0.15) is 17.3 Å². The van der Waals surface area contributed by atoms with Crippen molar-refractivity contribution in [1.29, 1.82) is 0 Å². The fraction of sp³-hybridized carbons (Fsp3) is 0.273. The summed E-state index contributed by atoms with van der Waals surface area (Å²) in [5.41, 5.74) is 2.73. The van der Waals surface area contributed by atoms with Crippen LogP contribution in [0.15, 0.2) is 53.9 Å². The minimum atomic E-state index is -0.174. The number of phenols is 2. The van der Waals surface area contributed by atoms with Gasteiger partial charge in [0.2, 0.25) is 0 Å². The number of hydrogen-bond donors (Lipinski definition) is 3. The van der Waals surface area contributed by atoms with Gasteiger partial charge in [-0.15, -0.1) is 11.3 Å². The van der Waals surface area contributed by atoms with Gasteiger partial charge >= 0.3 is 0 Å². The maximum Gasteiger partial charge on any atom is 0.183 e. The van der Waals surface area contributed by atoms with E-state index in [9.17, 15) is 15.0 Å². The van der Waals surface area contributed by atoms with Gasteiger partial charge in [0.25, 0.3) is 0 Å². The zero-order valence-corrected chi connectivity index (χ0v) is 16.2. The molecule has 2 unspecified atom stereocenters. The molecule has 0 radical (unpaired) electrons. The number of hydrogen-bond acceptors (Lipinski definition) is 6. The lowest BCUT2D eigenvalue weighted by Gasteiger charge is -2.30. The Hall–Kier alpha value is -2.86. The van der Waals surface area contributed by atoms with Gasteiger partial charge in [-0.25, -0.2) is 4.98 Å². The van der Waals surface area contributed by atoms with Crippen molar-refractivity contribution >= 4 is 22.3 Å². The zero-order chi connectivity index (χ0) is 19.5. The standard InChI is InChI=1S/C22H22N2O3S/c25-16-9-5-14(6-10-16)19-13-28-22(23-19)24-21(15-7-11-17(26)12-8-15)18-3-1-2-4-20(18)27/h5-13,18,21,25-26H,1-4H2,(H,23,24). The van der Waals surface area contributed by atoms with E-state index in [0.717, 1.165) is 41.2 Å². The third-order valence-corrected chi connectivity index (χ3v) is 5.98. The van der Waals surface area contributed by atoms with E-state index in [2.05, 4.69) is 10.3 Å². The number of carbonyl (C=O) groups is 1. The minimum absolute atomic E-state index is 0.0979. The molecule has 1 fully saturated rings. The third kappa shape index (κ3) is 4.02. The molecule has 0 amide bonds. The number of nitrogens with zero attached hydrogens (tertiary/aromatic N) is 1. The molecule has 3 aromatic rings. The van der Waals surface area contributed by atoms with Gasteiger partial charge in [-0.3, -0.25) is 4.79 Å². The number of phenolic OH excluding ortho intramolecular Hbond substituents is 2. The SMILES string of the molecule is O=C1CCCCC1C(Nc1nc(-c2ccc(O)cc2)cs1)c1ccc(O)cc1. The van der Waals surface area contributed by atoms with Crippen LogP contribution in [0.3, 0.4) is 0 Å². The van der Waals surface area contributed by atoms with Crippen molar-refractivity contribution in [2.45, 2.75) is 31.7 Å². The summed E-state index contributed by atoms with van der Waals surface area (Å²) in [5.74, 6) is 0.619. The molecule has 3 N–H and O–H groups in total. The van der Waals surface area contributed by atoms with Gasteiger partial charge < -0.3 is 15.5 Å². The fourth-order valence-electron chi connectivity index (χ4n) is 3.70. The molecule has 1 aliphatic rings. The average Bonchev–Trinajstić information content (AvgIpc) is 3.17. The van der Waals surface area contributed by atoms with E-state index in [1.54, 1.807) is 24.3 Å². The number of aromatic nitrogens is 1. The minimum Gasteiger partial charge on any atom is -0.508 e. The van der Waals surface area contributed by atoms with Gasteiger partial charge in [-0.2, -0.15) is 0 Å². The second-order valence-corrected chi connectivity index (χ2v) is 7.98. The molecular formula is C22H22N2O3S. The Kier molecular flexibility index (Phi) is 5.30. The highest BCUT2D eigenvalue weighted by Crippen LogP contribution is 2.37. The average molecular weight is 394 g/mol. The van der Waals surface area contributed by atoms with Crippen LogP contribution in [0.1, 0.15) is 37.3 Å². The van der Waals surface area contributed by atoms with Crippen molar-refractivity contribution in [3.8, 4) is 22.8 Å². The molecule has 0 bridgehead atoms. The first-order valence-corrected chi connectivity index (χ1v) is 10.3. The Morgan fingerprint density at radius 3 is 2.36 bits per heavy atom. The molecule has 1 aromatic heterocycles. The number of rotatable bonds is 5. The summed E-state index contributed by atoms with van der Waals surface area (Å²) in [6, 6.07) is 13.8. The summed E-state index contributed by atoms with van der Waals surface area (Å²) in [6.07, 6.45) is 3.48. The second kappa shape index (κ2) is 8.02. The monoisotopic (exact) mass is 394 g/mol. The molecule has 1 heterocycles. The van der Waals surface area contributed by atoms with Gasteiger partial charge in [-0.1, -0.05) is 18.6 Å². The van der Waals surface area contributed by atoms with E-state index in [4.69, 9.17) is 0 Å². The van der Waals surface area contributed by atoms with Crippen LogP contribution >= 0.6 is 11.3 Å². The molecule has 1 aliphatic carbocycles. The number of anilines is 1. The summed E-state index contributed by atoms with van der Waals surface area (Å²) in [5, 5.41) is 25.3. The Labute approximate surface area is 167 Å². The topological polar surface area (TPSA) is 82.5 Å². The van der Waals surface area contributed by atoms with Crippen LogP contribution in [-0.2, 0) is 4.79 Å². The molecule has 0 saturated heterocycles. The van der Waals surface area contributed by atoms with E-state index < -0.39 is 0 Å². The molecular weight excluding hydrogens is 372 g/mol. The van der Waals surface area contributed by atoms with Crippen molar-refractivity contribution in [2.24, 2.45) is 5.92 Å². The van der Waals surface area contributed by atoms with Crippen molar-refractivity contribution in [3.05, 3.63) is 59.5 Å². The summed E-state index contributed by atoms with van der Waals surface area (Å²) in [6.45, 7) is 0. The van der Waals surface area contributed by atoms with E-state index in [-0.39, 0.29) is 29.2 Å². The van der Waals surface area contributed by atoms with E-state index in [0.29, 0.717) is 6.42 Å². The van der Waals surface area contributed by atoms with E-state index >= 15 is 0 Å². The fourth-order valence-corrected chi connectivity index (χ4v) is 4.46. The third-order valence-electron chi connectivity index (χ3n) is 5.20. The number of thiazole rings is 1. The largest absolute Gasteiger partial charge is 0.508 e. The van der Waals surface area contributed by atoms with Crippen LogP contribution < -0.4 is 5.32 Å². The molecule has 0 spiro atoms. The highest BCUT2D eigenvalue weighted by molar-refractivity contribution is 7.14. The van der Waals surface area contributed by atoms with Crippen molar-refractivity contribution in [3.63, 3.8) is 0 Å². The van der Waals surface area contributed by atoms with E-state index in [1.807, 2.05) is 29.6 Å². The van der Waals surface area contributed by atoms with E-state index in [1.165, 1.54) is 11.3 Å². The molecule has 6 heteroatoms. The summed E-state index contributed by atoms with van der Waals surface area (Å²) in [4.78, 5) is 17.3. The molecule has 4 rings (SSSR count). The number of aromatic hydroxyl groups is 2. The lowest BCUT2D eigenvalue weighted by atomic mass is 9.80. The first-order valence-electron chi connectivity index (χ1n) is 9.43. The lowest BCUT2D eigenvalue weighted by Crippen LogP contribution is -2.30. The van der Waals surface area contributed by atoms with Crippen LogP contribution in [0.4, 0.5) is 5.13 Å². The Morgan fingerprint density at radius 1 is 1.00 bits per heavy atom. The molecule has 5 nitrogen and oxygen atoms in total. The predicted molar refractivity (Wildman–Crippen MR) is 111 cm³/mol. The normalized spacial score (nSPS) is 18.0. The summed E-state index contributed by atoms with van der Waals surface area (Å²) in [7, 11) is 0. The first kappa shape index (κ1) is 18.5. The van der Waals surface area contributed by atoms with Crippen molar-refractivity contribution in [2.75, 3.05) is 5.32 Å². The quantitative estimate of drug-likeness (QED) is 0.558. The molecule has 0 aliphatic heterocycles. The number of nitrogens with one attached hydrogen (secondary N) is 1. The smallest absolute Gasteiger partial charge is 0.183 e. The van der Waals surface area contributed by atoms with Gasteiger partial charge in [-0.05, 0) is 54.8 Å². The molecule has 2 atom stereocenters. The summed E-state index contributed by atoms with van der Waals surface area (Å²) >= 11 is 1.49. The molecule has 28 heavy (non-hydrogen) atoms. The number of benzene rings is 2. The highest BCUT2D eigenvalue weighted by Gasteiger charge is 2.32. The predicted octanol–water partition coefficient (Wildman–Crippen LogP) is 5.13. The maximum atomic E-state index is 12.6. The van der Waals surface area contributed by atoms with Crippen LogP contribution in [-0.4, -0.2) is 21.0 Å². The lowest BCUT2D eigenvalue weighted by molar-refractivity contribution is -0.125. The second-order valence-electron chi connectivity index (χ2n) is 7.12. The maximum absolute atomic E-state index is 12.6. The van der Waals surface area contributed by atoms with Gasteiger partial charge in [0.15, 0.2) is 5.13 Å². The number of ketones is 1. The Bertz CT molecular complexity index is 951. The van der Waals surface area contributed by atoms with Crippen molar-refractivity contribution < 1.29 is 15.0 Å². The molecule has 144 valence electrons. The Balaban J connectivity index is 1.61. The van der Waals surface area contributed by atoms with Crippen molar-refractivity contribution in [1.82, 2.24) is 4.98 Å². The molecule has 2 aromatic carbocycles. The van der Waals surface area contributed by atoms with Crippen LogP contribution in [0, 0.1) is 5.92 Å². The van der Waals surface area contributed by atoms with Gasteiger partial charge in [0, 0.05) is 23.3 Å². The Morgan fingerprint density at radius 2 is 1.68 bits per heavy atom. The summed E-state index contributed by atoms with van der Waals surface area (Å²) < 4.78 is 0. The highest BCUT2D eigenvalue weighted by atomic mass is 32.1. The number of carbonyl (C=O) groups excluding carboxylic acids is 1. The number of Topliss-reactive ketones (excluding diaryl/α,β-unsaturated/α-hetero) is 1. The first-order chi connectivity index (χ1) is 13.6.